The van der Waals surface area contributed by atoms with Gasteiger partial charge in [-0.2, -0.15) is 10.2 Å². The van der Waals surface area contributed by atoms with Gasteiger partial charge in [0.05, 0.1) is 12.3 Å². The topological polar surface area (TPSA) is 111 Å². The molecule has 0 saturated carbocycles. The lowest BCUT2D eigenvalue weighted by Gasteiger charge is -2.09. The van der Waals surface area contributed by atoms with Crippen LogP contribution in [-0.4, -0.2) is 16.6 Å². The summed E-state index contributed by atoms with van der Waals surface area (Å²) in [7, 11) is 0. The number of nitrogens with two attached hydrogens (primary N) is 2. The molecule has 7 heteroatoms. The van der Waals surface area contributed by atoms with Gasteiger partial charge in [-0.3, -0.25) is 0 Å². The number of rotatable bonds is 3. The lowest BCUT2D eigenvalue weighted by atomic mass is 10.1. The highest BCUT2D eigenvalue weighted by atomic mass is 19.1. The van der Waals surface area contributed by atoms with Gasteiger partial charge in [-0.15, -0.1) is 0 Å². The van der Waals surface area contributed by atoms with Crippen molar-refractivity contribution in [3.05, 3.63) is 29.6 Å². The Labute approximate surface area is 114 Å². The zero-order valence-corrected chi connectivity index (χ0v) is 10.7. The predicted octanol–water partition coefficient (Wildman–Crippen LogP) is 1.72. The van der Waals surface area contributed by atoms with Gasteiger partial charge in [0, 0.05) is 11.6 Å². The maximum absolute atomic E-state index is 14.1. The van der Waals surface area contributed by atoms with Crippen LogP contribution in [0.15, 0.2) is 18.2 Å². The molecule has 0 radical (unpaired) electrons. The molecule has 20 heavy (non-hydrogen) atoms. The third kappa shape index (κ3) is 2.44. The first-order valence-electron chi connectivity index (χ1n) is 5.82. The summed E-state index contributed by atoms with van der Waals surface area (Å²) in [5.74, 6) is -0.389. The minimum Gasteiger partial charge on any atom is -0.494 e. The summed E-state index contributed by atoms with van der Waals surface area (Å²) in [6.07, 6.45) is 0. The van der Waals surface area contributed by atoms with Gasteiger partial charge in [0.25, 0.3) is 0 Å². The molecule has 2 rings (SSSR count). The van der Waals surface area contributed by atoms with Crippen LogP contribution in [0.2, 0.25) is 0 Å². The summed E-state index contributed by atoms with van der Waals surface area (Å²) in [6.45, 7) is 2.22. The Morgan fingerprint density at radius 1 is 1.35 bits per heavy atom. The van der Waals surface area contributed by atoms with Crippen LogP contribution in [0.4, 0.5) is 16.2 Å². The normalized spacial score (nSPS) is 10.1. The van der Waals surface area contributed by atoms with E-state index < -0.39 is 5.82 Å². The zero-order chi connectivity index (χ0) is 14.7. The Bertz CT molecular complexity index is 696. The number of hydrogen-bond donors (Lipinski definition) is 2. The molecule has 0 fully saturated rings. The van der Waals surface area contributed by atoms with Crippen LogP contribution in [0.5, 0.6) is 5.75 Å². The van der Waals surface area contributed by atoms with Crippen molar-refractivity contribution in [2.45, 2.75) is 6.92 Å². The lowest BCUT2D eigenvalue weighted by molar-refractivity contribution is 0.338. The van der Waals surface area contributed by atoms with E-state index in [4.69, 9.17) is 21.5 Å². The molecule has 0 aliphatic rings. The smallest absolute Gasteiger partial charge is 0.222 e. The second-order valence-electron chi connectivity index (χ2n) is 3.88. The van der Waals surface area contributed by atoms with Gasteiger partial charge in [0.2, 0.25) is 5.95 Å². The second-order valence-corrected chi connectivity index (χ2v) is 3.88. The largest absolute Gasteiger partial charge is 0.494 e. The highest BCUT2D eigenvalue weighted by molar-refractivity contribution is 5.73. The molecule has 4 N–H and O–H groups in total. The van der Waals surface area contributed by atoms with Gasteiger partial charge in [-0.25, -0.2) is 9.37 Å². The van der Waals surface area contributed by atoms with Gasteiger partial charge in [-0.05, 0) is 19.1 Å². The van der Waals surface area contributed by atoms with Gasteiger partial charge in [-0.1, -0.05) is 0 Å². The second kappa shape index (κ2) is 5.40. The molecule has 6 nitrogen and oxygen atoms in total. The summed E-state index contributed by atoms with van der Waals surface area (Å²) in [5, 5.41) is 9.08. The Balaban J connectivity index is 2.60. The maximum atomic E-state index is 14.1. The van der Waals surface area contributed by atoms with Crippen molar-refractivity contribution in [2.75, 3.05) is 18.1 Å². The van der Waals surface area contributed by atoms with Crippen LogP contribution in [-0.2, 0) is 0 Å². The average Bonchev–Trinajstić information content (AvgIpc) is 2.38. The SMILES string of the molecule is CCOc1ccc(-c2nc(N)nc(N)c2C#N)c(F)c1. The van der Waals surface area contributed by atoms with Crippen LogP contribution >= 0.6 is 0 Å². The van der Waals surface area contributed by atoms with Gasteiger partial charge in [0.1, 0.15) is 29.0 Å². The summed E-state index contributed by atoms with van der Waals surface area (Å²) in [5.41, 5.74) is 11.3. The van der Waals surface area contributed by atoms with E-state index >= 15 is 0 Å². The molecule has 1 aromatic heterocycles. The van der Waals surface area contributed by atoms with Crippen LogP contribution in [0, 0.1) is 17.1 Å². The lowest BCUT2D eigenvalue weighted by Crippen LogP contribution is -2.05. The fourth-order valence-electron chi connectivity index (χ4n) is 1.75. The van der Waals surface area contributed by atoms with Crippen LogP contribution < -0.4 is 16.2 Å². The Hall–Kier alpha value is -2.88. The Morgan fingerprint density at radius 3 is 2.70 bits per heavy atom. The van der Waals surface area contributed by atoms with E-state index in [1.807, 2.05) is 6.07 Å². The third-order valence-corrected chi connectivity index (χ3v) is 2.57. The quantitative estimate of drug-likeness (QED) is 0.880. The summed E-state index contributed by atoms with van der Waals surface area (Å²) in [4.78, 5) is 7.58. The monoisotopic (exact) mass is 273 g/mol. The Kier molecular flexibility index (Phi) is 3.66. The highest BCUT2D eigenvalue weighted by Gasteiger charge is 2.16. The fraction of sp³-hybridized carbons (Fsp3) is 0.154. The molecule has 1 heterocycles. The number of nitrogens with zero attached hydrogens (tertiary/aromatic N) is 3. The molecular weight excluding hydrogens is 261 g/mol. The molecular formula is C13H12FN5O. The molecule has 0 bridgehead atoms. The van der Waals surface area contributed by atoms with E-state index in [1.54, 1.807) is 13.0 Å². The highest BCUT2D eigenvalue weighted by Crippen LogP contribution is 2.29. The van der Waals surface area contributed by atoms with Crippen molar-refractivity contribution in [3.63, 3.8) is 0 Å². The Morgan fingerprint density at radius 2 is 2.10 bits per heavy atom. The number of hydrogen-bond acceptors (Lipinski definition) is 6. The van der Waals surface area contributed by atoms with Crippen molar-refractivity contribution < 1.29 is 9.13 Å². The van der Waals surface area contributed by atoms with Gasteiger partial charge < -0.3 is 16.2 Å². The average molecular weight is 273 g/mol. The van der Waals surface area contributed by atoms with E-state index in [1.165, 1.54) is 12.1 Å². The van der Waals surface area contributed by atoms with Crippen molar-refractivity contribution in [3.8, 4) is 23.1 Å². The number of halogens is 1. The summed E-state index contributed by atoms with van der Waals surface area (Å²) in [6, 6.07) is 6.11. The minimum atomic E-state index is -0.579. The summed E-state index contributed by atoms with van der Waals surface area (Å²) < 4.78 is 19.3. The van der Waals surface area contributed by atoms with E-state index in [0.717, 1.165) is 0 Å². The number of ether oxygens (including phenoxy) is 1. The number of nitriles is 1. The first kappa shape index (κ1) is 13.5. The van der Waals surface area contributed by atoms with E-state index in [-0.39, 0.29) is 28.6 Å². The molecule has 0 aliphatic carbocycles. The first-order valence-corrected chi connectivity index (χ1v) is 5.82. The number of anilines is 2. The summed E-state index contributed by atoms with van der Waals surface area (Å²) >= 11 is 0. The molecule has 0 unspecified atom stereocenters. The number of benzene rings is 1. The van der Waals surface area contributed by atoms with Gasteiger partial charge in [0.15, 0.2) is 0 Å². The van der Waals surface area contributed by atoms with Crippen LogP contribution in [0.1, 0.15) is 12.5 Å². The predicted molar refractivity (Wildman–Crippen MR) is 72.1 cm³/mol. The van der Waals surface area contributed by atoms with Crippen LogP contribution in [0.25, 0.3) is 11.3 Å². The molecule has 0 spiro atoms. The third-order valence-electron chi connectivity index (χ3n) is 2.57. The van der Waals surface area contributed by atoms with Crippen molar-refractivity contribution >= 4 is 11.8 Å². The molecule has 0 aliphatic heterocycles. The van der Waals surface area contributed by atoms with E-state index in [2.05, 4.69) is 9.97 Å². The van der Waals surface area contributed by atoms with Crippen molar-refractivity contribution in [1.29, 1.82) is 5.26 Å². The molecule has 0 amide bonds. The fourth-order valence-corrected chi connectivity index (χ4v) is 1.75. The molecule has 0 atom stereocenters. The van der Waals surface area contributed by atoms with E-state index in [9.17, 15) is 4.39 Å². The van der Waals surface area contributed by atoms with Crippen LogP contribution in [0.3, 0.4) is 0 Å². The standard InChI is InChI=1S/C13H12FN5O/c1-2-20-7-3-4-8(10(14)5-7)11-9(6-15)12(16)19-13(17)18-11/h3-5H,2H2,1H3,(H4,16,17,18,19). The van der Waals surface area contributed by atoms with Crippen molar-refractivity contribution in [2.24, 2.45) is 0 Å². The van der Waals surface area contributed by atoms with E-state index in [0.29, 0.717) is 12.4 Å². The zero-order valence-electron chi connectivity index (χ0n) is 10.7. The maximum Gasteiger partial charge on any atom is 0.222 e. The number of aromatic nitrogens is 2. The molecule has 102 valence electrons. The first-order chi connectivity index (χ1) is 9.56. The van der Waals surface area contributed by atoms with Crippen molar-refractivity contribution in [1.82, 2.24) is 9.97 Å². The number of nitrogen functional groups attached to an aromatic ring is 2. The molecule has 0 saturated heterocycles. The minimum absolute atomic E-state index is 0.0118. The van der Waals surface area contributed by atoms with Gasteiger partial charge >= 0.3 is 0 Å². The molecule has 1 aromatic carbocycles. The molecule has 2 aromatic rings.